The van der Waals surface area contributed by atoms with Crippen molar-refractivity contribution < 1.29 is 8.42 Å². The summed E-state index contributed by atoms with van der Waals surface area (Å²) >= 11 is 0. The van der Waals surface area contributed by atoms with Crippen LogP contribution in [0.1, 0.15) is 20.3 Å². The number of likely N-dealkylation sites (tertiary alicyclic amines) is 1. The van der Waals surface area contributed by atoms with Crippen LogP contribution in [-0.4, -0.2) is 56.6 Å². The highest BCUT2D eigenvalue weighted by Gasteiger charge is 2.29. The predicted octanol–water partition coefficient (Wildman–Crippen LogP) is 0.608. The molecular weight excluding hydrogens is 212 g/mol. The molecule has 0 N–H and O–H groups in total. The van der Waals surface area contributed by atoms with E-state index in [9.17, 15) is 8.42 Å². The Morgan fingerprint density at radius 3 is 2.53 bits per heavy atom. The van der Waals surface area contributed by atoms with E-state index in [0.717, 1.165) is 26.1 Å². The zero-order valence-corrected chi connectivity index (χ0v) is 10.9. The molecule has 0 aromatic carbocycles. The lowest BCUT2D eigenvalue weighted by molar-refractivity contribution is 0.276. The van der Waals surface area contributed by atoms with E-state index < -0.39 is 10.0 Å². The van der Waals surface area contributed by atoms with Crippen LogP contribution in [0.4, 0.5) is 0 Å². The van der Waals surface area contributed by atoms with Gasteiger partial charge in [-0.1, -0.05) is 13.8 Å². The van der Waals surface area contributed by atoms with Crippen molar-refractivity contribution >= 4 is 10.0 Å². The molecule has 1 fully saturated rings. The molecule has 0 saturated carbocycles. The molecule has 1 aliphatic heterocycles. The minimum absolute atomic E-state index is 0.166. The molecule has 0 spiro atoms. The molecule has 0 radical (unpaired) electrons. The fourth-order valence-electron chi connectivity index (χ4n) is 2.06. The number of rotatable bonds is 4. The summed E-state index contributed by atoms with van der Waals surface area (Å²) in [4.78, 5) is 2.34. The average Bonchev–Trinajstić information content (AvgIpc) is 2.48. The fraction of sp³-hybridized carbons (Fsp3) is 1.00. The van der Waals surface area contributed by atoms with Gasteiger partial charge in [-0.2, -0.15) is 0 Å². The van der Waals surface area contributed by atoms with E-state index in [1.54, 1.807) is 7.05 Å². The molecule has 1 heterocycles. The van der Waals surface area contributed by atoms with Crippen LogP contribution in [0.2, 0.25) is 0 Å². The third-order valence-electron chi connectivity index (χ3n) is 2.91. The molecule has 0 bridgehead atoms. The highest BCUT2D eigenvalue weighted by molar-refractivity contribution is 7.88. The summed E-state index contributed by atoms with van der Waals surface area (Å²) in [7, 11) is -1.35. The molecular formula is C10H22N2O2S. The van der Waals surface area contributed by atoms with E-state index in [-0.39, 0.29) is 6.04 Å². The maximum absolute atomic E-state index is 11.4. The second-order valence-electron chi connectivity index (χ2n) is 4.88. The van der Waals surface area contributed by atoms with Gasteiger partial charge >= 0.3 is 0 Å². The van der Waals surface area contributed by atoms with Crippen molar-refractivity contribution in [2.45, 2.75) is 26.3 Å². The van der Waals surface area contributed by atoms with E-state index in [1.807, 2.05) is 0 Å². The van der Waals surface area contributed by atoms with Gasteiger partial charge in [0.05, 0.1) is 6.26 Å². The van der Waals surface area contributed by atoms with Crippen LogP contribution in [-0.2, 0) is 10.0 Å². The van der Waals surface area contributed by atoms with Crippen LogP contribution in [0, 0.1) is 5.92 Å². The molecule has 15 heavy (non-hydrogen) atoms. The van der Waals surface area contributed by atoms with Crippen LogP contribution in [0.25, 0.3) is 0 Å². The molecule has 0 aliphatic carbocycles. The molecule has 0 aromatic heterocycles. The van der Waals surface area contributed by atoms with Crippen molar-refractivity contribution in [2.75, 3.05) is 32.9 Å². The van der Waals surface area contributed by atoms with Crippen molar-refractivity contribution in [3.63, 3.8) is 0 Å². The first kappa shape index (κ1) is 12.9. The molecule has 1 aliphatic rings. The third-order valence-corrected chi connectivity index (χ3v) is 4.25. The Hall–Kier alpha value is -0.130. The Balaban J connectivity index is 2.49. The molecule has 90 valence electrons. The number of nitrogens with zero attached hydrogens (tertiary/aromatic N) is 2. The standard InChI is InChI=1S/C10H22N2O2S/c1-9(2)7-12-6-5-10(8-12)11(3)15(4,13)14/h9-10H,5-8H2,1-4H3. The van der Waals surface area contributed by atoms with E-state index >= 15 is 0 Å². The Bertz CT molecular complexity index is 301. The molecule has 0 amide bonds. The Morgan fingerprint density at radius 2 is 2.07 bits per heavy atom. The topological polar surface area (TPSA) is 40.6 Å². The predicted molar refractivity (Wildman–Crippen MR) is 62.3 cm³/mol. The van der Waals surface area contributed by atoms with Crippen molar-refractivity contribution in [1.82, 2.24) is 9.21 Å². The lowest BCUT2D eigenvalue weighted by Gasteiger charge is -2.23. The van der Waals surface area contributed by atoms with Crippen molar-refractivity contribution in [3.8, 4) is 0 Å². The lowest BCUT2D eigenvalue weighted by Crippen LogP contribution is -2.38. The van der Waals surface area contributed by atoms with Gasteiger partial charge < -0.3 is 4.90 Å². The van der Waals surface area contributed by atoms with Crippen molar-refractivity contribution in [3.05, 3.63) is 0 Å². The molecule has 1 atom stereocenters. The SMILES string of the molecule is CC(C)CN1CCC(N(C)S(C)(=O)=O)C1. The van der Waals surface area contributed by atoms with Crippen LogP contribution >= 0.6 is 0 Å². The molecule has 1 saturated heterocycles. The Kier molecular flexibility index (Phi) is 4.14. The normalized spacial score (nSPS) is 24.3. The molecule has 0 aromatic rings. The average molecular weight is 234 g/mol. The fourth-order valence-corrected chi connectivity index (χ4v) is 2.78. The van der Waals surface area contributed by atoms with Gasteiger partial charge in [-0.05, 0) is 18.9 Å². The van der Waals surface area contributed by atoms with Gasteiger partial charge in [0.1, 0.15) is 0 Å². The van der Waals surface area contributed by atoms with Crippen molar-refractivity contribution in [2.24, 2.45) is 5.92 Å². The summed E-state index contributed by atoms with van der Waals surface area (Å²) in [5, 5.41) is 0. The lowest BCUT2D eigenvalue weighted by atomic mass is 10.2. The molecule has 1 unspecified atom stereocenters. The number of hydrogen-bond acceptors (Lipinski definition) is 3. The third kappa shape index (κ3) is 3.74. The van der Waals surface area contributed by atoms with Gasteiger partial charge in [0.2, 0.25) is 10.0 Å². The zero-order chi connectivity index (χ0) is 11.6. The summed E-state index contributed by atoms with van der Waals surface area (Å²) in [6.07, 6.45) is 2.23. The van der Waals surface area contributed by atoms with Crippen LogP contribution < -0.4 is 0 Å². The maximum Gasteiger partial charge on any atom is 0.211 e. The Morgan fingerprint density at radius 1 is 1.47 bits per heavy atom. The summed E-state index contributed by atoms with van der Waals surface area (Å²) in [5.74, 6) is 0.646. The second kappa shape index (κ2) is 4.80. The summed E-state index contributed by atoms with van der Waals surface area (Å²) in [6, 6.07) is 0.166. The van der Waals surface area contributed by atoms with E-state index in [4.69, 9.17) is 0 Å². The van der Waals surface area contributed by atoms with Crippen LogP contribution in [0.15, 0.2) is 0 Å². The smallest absolute Gasteiger partial charge is 0.211 e. The first-order valence-corrected chi connectivity index (χ1v) is 7.31. The summed E-state index contributed by atoms with van der Waals surface area (Å²) < 4.78 is 24.2. The quantitative estimate of drug-likeness (QED) is 0.715. The number of likely N-dealkylation sites (N-methyl/N-ethyl adjacent to an activating group) is 1. The molecule has 1 rings (SSSR count). The van der Waals surface area contributed by atoms with Gasteiger partial charge in [-0.25, -0.2) is 12.7 Å². The highest BCUT2D eigenvalue weighted by atomic mass is 32.2. The van der Waals surface area contributed by atoms with Crippen molar-refractivity contribution in [1.29, 1.82) is 0 Å². The highest BCUT2D eigenvalue weighted by Crippen LogP contribution is 2.17. The van der Waals surface area contributed by atoms with E-state index in [0.29, 0.717) is 5.92 Å². The number of sulfonamides is 1. The number of hydrogen-bond donors (Lipinski definition) is 0. The minimum Gasteiger partial charge on any atom is -0.301 e. The summed E-state index contributed by atoms with van der Waals surface area (Å²) in [5.41, 5.74) is 0. The van der Waals surface area contributed by atoms with E-state index in [2.05, 4.69) is 18.7 Å². The first-order valence-electron chi connectivity index (χ1n) is 5.46. The van der Waals surface area contributed by atoms with E-state index in [1.165, 1.54) is 10.6 Å². The van der Waals surface area contributed by atoms with Gasteiger partial charge in [-0.3, -0.25) is 0 Å². The van der Waals surface area contributed by atoms with Gasteiger partial charge in [0.25, 0.3) is 0 Å². The Labute approximate surface area is 93.3 Å². The molecule has 5 heteroatoms. The van der Waals surface area contributed by atoms with Gasteiger partial charge in [0.15, 0.2) is 0 Å². The first-order chi connectivity index (χ1) is 6.80. The summed E-state index contributed by atoms with van der Waals surface area (Å²) in [6.45, 7) is 7.33. The molecule has 4 nitrogen and oxygen atoms in total. The minimum atomic E-state index is -3.03. The van der Waals surface area contributed by atoms with Crippen LogP contribution in [0.5, 0.6) is 0 Å². The largest absolute Gasteiger partial charge is 0.301 e. The zero-order valence-electron chi connectivity index (χ0n) is 10.1. The van der Waals surface area contributed by atoms with Gasteiger partial charge in [0, 0.05) is 26.2 Å². The van der Waals surface area contributed by atoms with Crippen LogP contribution in [0.3, 0.4) is 0 Å². The maximum atomic E-state index is 11.4. The second-order valence-corrected chi connectivity index (χ2v) is 6.92. The monoisotopic (exact) mass is 234 g/mol. The van der Waals surface area contributed by atoms with Gasteiger partial charge in [-0.15, -0.1) is 0 Å².